The van der Waals surface area contributed by atoms with E-state index < -0.39 is 16.1 Å². The van der Waals surface area contributed by atoms with E-state index in [4.69, 9.17) is 0 Å². The fourth-order valence-electron chi connectivity index (χ4n) is 4.33. The molecule has 2 aliphatic rings. The third-order valence-corrected chi connectivity index (χ3v) is 7.93. The Morgan fingerprint density at radius 3 is 2.59 bits per heavy atom. The topological polar surface area (TPSA) is 99.7 Å². The van der Waals surface area contributed by atoms with E-state index in [9.17, 15) is 18.0 Å². The van der Waals surface area contributed by atoms with Crippen molar-refractivity contribution in [2.45, 2.75) is 56.5 Å². The number of nitrogens with one attached hydrogen (secondary N) is 1. The van der Waals surface area contributed by atoms with Gasteiger partial charge in [-0.3, -0.25) is 19.5 Å². The summed E-state index contributed by atoms with van der Waals surface area (Å²) in [5, 5.41) is 2.86. The minimum absolute atomic E-state index is 0.173. The van der Waals surface area contributed by atoms with Gasteiger partial charge in [-0.1, -0.05) is 19.4 Å². The van der Waals surface area contributed by atoms with Gasteiger partial charge in [-0.25, -0.2) is 8.42 Å². The zero-order valence-electron chi connectivity index (χ0n) is 18.2. The predicted molar refractivity (Wildman–Crippen MR) is 120 cm³/mol. The van der Waals surface area contributed by atoms with E-state index in [1.54, 1.807) is 37.4 Å². The number of carbonyl (C=O) groups excluding carboxylic acids is 2. The molecule has 1 aromatic carbocycles. The van der Waals surface area contributed by atoms with Gasteiger partial charge in [0, 0.05) is 37.8 Å². The average molecular weight is 457 g/mol. The lowest BCUT2D eigenvalue weighted by atomic mass is 10.1. The van der Waals surface area contributed by atoms with Gasteiger partial charge in [-0.05, 0) is 48.7 Å². The molecule has 3 heterocycles. The van der Waals surface area contributed by atoms with E-state index in [0.717, 1.165) is 25.0 Å². The van der Waals surface area contributed by atoms with Gasteiger partial charge in [0.15, 0.2) is 0 Å². The summed E-state index contributed by atoms with van der Waals surface area (Å²) < 4.78 is 27.7. The fourth-order valence-corrected chi connectivity index (χ4v) is 5.90. The summed E-state index contributed by atoms with van der Waals surface area (Å²) in [6, 6.07) is 9.58. The first kappa shape index (κ1) is 22.4. The lowest BCUT2D eigenvalue weighted by Gasteiger charge is -2.26. The van der Waals surface area contributed by atoms with Crippen molar-refractivity contribution in [1.29, 1.82) is 0 Å². The van der Waals surface area contributed by atoms with Crippen LogP contribution in [0.5, 0.6) is 0 Å². The van der Waals surface area contributed by atoms with Gasteiger partial charge >= 0.3 is 0 Å². The second-order valence-electron chi connectivity index (χ2n) is 8.13. The van der Waals surface area contributed by atoms with E-state index in [-0.39, 0.29) is 36.1 Å². The van der Waals surface area contributed by atoms with Crippen LogP contribution in [0, 0.1) is 0 Å². The van der Waals surface area contributed by atoms with Gasteiger partial charge in [-0.15, -0.1) is 0 Å². The number of benzene rings is 1. The third-order valence-electron chi connectivity index (χ3n) is 6.03. The molecule has 0 unspecified atom stereocenters. The van der Waals surface area contributed by atoms with Crippen LogP contribution in [-0.4, -0.2) is 48.7 Å². The Morgan fingerprint density at radius 2 is 1.91 bits per heavy atom. The van der Waals surface area contributed by atoms with Crippen molar-refractivity contribution in [2.24, 2.45) is 0 Å². The van der Waals surface area contributed by atoms with Crippen molar-refractivity contribution < 1.29 is 18.0 Å². The number of nitrogens with zero attached hydrogens (tertiary/aromatic N) is 3. The fraction of sp³-hybridized carbons (Fsp3) is 0.435. The van der Waals surface area contributed by atoms with Crippen molar-refractivity contribution in [2.75, 3.05) is 18.0 Å². The molecule has 170 valence electrons. The van der Waals surface area contributed by atoms with Gasteiger partial charge in [0.05, 0.1) is 17.1 Å². The predicted octanol–water partition coefficient (Wildman–Crippen LogP) is 2.24. The quantitative estimate of drug-likeness (QED) is 0.719. The number of piperidine rings is 1. The van der Waals surface area contributed by atoms with Gasteiger partial charge in [-0.2, -0.15) is 4.31 Å². The van der Waals surface area contributed by atoms with Gasteiger partial charge in [0.25, 0.3) is 0 Å². The first-order chi connectivity index (χ1) is 15.4. The molecule has 0 bridgehead atoms. The van der Waals surface area contributed by atoms with Crippen molar-refractivity contribution in [3.63, 3.8) is 0 Å². The van der Waals surface area contributed by atoms with Crippen LogP contribution >= 0.6 is 0 Å². The highest BCUT2D eigenvalue weighted by Crippen LogP contribution is 2.35. The van der Waals surface area contributed by atoms with Crippen LogP contribution < -0.4 is 10.2 Å². The van der Waals surface area contributed by atoms with Crippen LogP contribution in [0.15, 0.2) is 47.5 Å². The number of hydrogen-bond donors (Lipinski definition) is 1. The van der Waals surface area contributed by atoms with E-state index >= 15 is 0 Å². The lowest BCUT2D eigenvalue weighted by molar-refractivity contribution is -0.126. The maximum Gasteiger partial charge on any atom is 0.243 e. The minimum Gasteiger partial charge on any atom is -0.349 e. The van der Waals surface area contributed by atoms with E-state index in [0.29, 0.717) is 24.3 Å². The molecule has 1 atom stereocenters. The lowest BCUT2D eigenvalue weighted by Crippen LogP contribution is -2.47. The Kier molecular flexibility index (Phi) is 6.57. The Hall–Kier alpha value is -2.78. The number of pyridine rings is 1. The Bertz CT molecular complexity index is 1100. The molecule has 1 N–H and O–H groups in total. The molecule has 0 spiro atoms. The van der Waals surface area contributed by atoms with Crippen LogP contribution in [0.3, 0.4) is 0 Å². The number of fused-ring (bicyclic) bond motifs is 1. The molecule has 1 saturated heterocycles. The van der Waals surface area contributed by atoms with Crippen molar-refractivity contribution >= 4 is 27.5 Å². The number of carbonyl (C=O) groups is 2. The Balaban J connectivity index is 1.57. The molecule has 8 nitrogen and oxygen atoms in total. The van der Waals surface area contributed by atoms with Crippen LogP contribution in [0.25, 0.3) is 0 Å². The van der Waals surface area contributed by atoms with Crippen LogP contribution in [0.1, 0.15) is 43.9 Å². The second kappa shape index (κ2) is 9.38. The van der Waals surface area contributed by atoms with Crippen molar-refractivity contribution in [3.05, 3.63) is 53.9 Å². The molecular formula is C23H28N4O4S. The van der Waals surface area contributed by atoms with Crippen molar-refractivity contribution in [3.8, 4) is 0 Å². The number of amides is 2. The van der Waals surface area contributed by atoms with Crippen molar-refractivity contribution in [1.82, 2.24) is 14.6 Å². The van der Waals surface area contributed by atoms with E-state index in [2.05, 4.69) is 10.3 Å². The Morgan fingerprint density at radius 1 is 1.12 bits per heavy atom. The van der Waals surface area contributed by atoms with Crippen LogP contribution in [0.2, 0.25) is 0 Å². The normalized spacial score (nSPS) is 18.9. The molecule has 0 radical (unpaired) electrons. The number of hydrogen-bond acceptors (Lipinski definition) is 5. The molecule has 1 fully saturated rings. The first-order valence-electron chi connectivity index (χ1n) is 11.0. The summed E-state index contributed by atoms with van der Waals surface area (Å²) in [6.45, 7) is 3.06. The van der Waals surface area contributed by atoms with Gasteiger partial charge < -0.3 is 5.32 Å². The number of rotatable bonds is 6. The summed E-state index contributed by atoms with van der Waals surface area (Å²) in [4.78, 5) is 31.6. The van der Waals surface area contributed by atoms with E-state index in [1.165, 1.54) is 9.21 Å². The second-order valence-corrected chi connectivity index (χ2v) is 10.1. The molecular weight excluding hydrogens is 428 g/mol. The molecule has 1 aromatic heterocycles. The summed E-state index contributed by atoms with van der Waals surface area (Å²) in [6.07, 6.45) is 4.95. The van der Waals surface area contributed by atoms with Crippen LogP contribution in [0.4, 0.5) is 5.69 Å². The summed E-state index contributed by atoms with van der Waals surface area (Å²) >= 11 is 0. The first-order valence-corrected chi connectivity index (χ1v) is 12.5. The highest BCUT2D eigenvalue weighted by molar-refractivity contribution is 7.89. The maximum absolute atomic E-state index is 13.1. The molecule has 0 aliphatic carbocycles. The smallest absolute Gasteiger partial charge is 0.243 e. The van der Waals surface area contributed by atoms with E-state index in [1.807, 2.05) is 12.1 Å². The van der Waals surface area contributed by atoms with Gasteiger partial charge in [0.2, 0.25) is 21.8 Å². The average Bonchev–Trinajstić information content (AvgIpc) is 3.22. The van der Waals surface area contributed by atoms with Gasteiger partial charge in [0.1, 0.15) is 6.04 Å². The molecule has 32 heavy (non-hydrogen) atoms. The molecule has 2 amide bonds. The monoisotopic (exact) mass is 456 g/mol. The number of anilines is 1. The molecule has 2 aromatic rings. The molecule has 9 heteroatoms. The highest BCUT2D eigenvalue weighted by Gasteiger charge is 2.38. The highest BCUT2D eigenvalue weighted by atomic mass is 32.2. The Labute approximate surface area is 188 Å². The number of sulfonamides is 1. The molecule has 2 aliphatic heterocycles. The zero-order chi connectivity index (χ0) is 22.7. The largest absolute Gasteiger partial charge is 0.349 e. The standard InChI is InChI=1S/C23H28N4O4S/c1-2-22(28)27-20-10-9-19(32(30,31)26-12-6-3-7-13-26)14-17(20)15-21(27)23(29)25-16-18-8-4-5-11-24-18/h4-5,8-11,14,21H,2-3,6-7,12-13,15-16H2,1H3,(H,25,29)/t21-/m0/s1. The summed E-state index contributed by atoms with van der Waals surface area (Å²) in [7, 11) is -3.59. The summed E-state index contributed by atoms with van der Waals surface area (Å²) in [5.74, 6) is -0.456. The minimum atomic E-state index is -3.59. The van der Waals surface area contributed by atoms with Crippen LogP contribution in [-0.2, 0) is 32.6 Å². The zero-order valence-corrected chi connectivity index (χ0v) is 19.0. The molecule has 4 rings (SSSR count). The number of aromatic nitrogens is 1. The third kappa shape index (κ3) is 4.40. The summed E-state index contributed by atoms with van der Waals surface area (Å²) in [5.41, 5.74) is 2.02. The SMILES string of the molecule is CCC(=O)N1c2ccc(S(=O)(=O)N3CCCCC3)cc2C[C@H]1C(=O)NCc1ccccn1. The maximum atomic E-state index is 13.1. The molecule has 0 saturated carbocycles.